The molecule has 1 saturated heterocycles. The number of carbonyl (C=O) groups excluding carboxylic acids is 1. The molecule has 5 nitrogen and oxygen atoms in total. The van der Waals surface area contributed by atoms with Crippen LogP contribution in [0.5, 0.6) is 0 Å². The van der Waals surface area contributed by atoms with Gasteiger partial charge in [-0.25, -0.2) is 0 Å². The second kappa shape index (κ2) is 6.68. The average Bonchev–Trinajstić information content (AvgIpc) is 2.34. The summed E-state index contributed by atoms with van der Waals surface area (Å²) in [4.78, 5) is 16.7. The molecular formula is C14H30N4O. The SMILES string of the molecule is CC(CNC(=O)[C@@H](N)C(C)(C)C)N1CCN(C)CC1. The number of hydrogen-bond donors (Lipinski definition) is 2. The van der Waals surface area contributed by atoms with Gasteiger partial charge >= 0.3 is 0 Å². The number of likely N-dealkylation sites (N-methyl/N-ethyl adjacent to an activating group) is 1. The summed E-state index contributed by atoms with van der Waals surface area (Å²) in [5.74, 6) is -0.0477. The Balaban J connectivity index is 2.34. The van der Waals surface area contributed by atoms with Gasteiger partial charge in [-0.05, 0) is 19.4 Å². The Hall–Kier alpha value is -0.650. The van der Waals surface area contributed by atoms with Gasteiger partial charge in [-0.15, -0.1) is 0 Å². The van der Waals surface area contributed by atoms with Crippen molar-refractivity contribution >= 4 is 5.91 Å². The molecule has 1 amide bonds. The first-order chi connectivity index (χ1) is 8.71. The molecule has 0 spiro atoms. The van der Waals surface area contributed by atoms with Crippen molar-refractivity contribution < 1.29 is 4.79 Å². The van der Waals surface area contributed by atoms with Gasteiger partial charge in [-0.2, -0.15) is 0 Å². The Bertz CT molecular complexity index is 292. The lowest BCUT2D eigenvalue weighted by atomic mass is 9.87. The predicted molar refractivity (Wildman–Crippen MR) is 79.0 cm³/mol. The van der Waals surface area contributed by atoms with Crippen LogP contribution in [0.3, 0.4) is 0 Å². The fraction of sp³-hybridized carbons (Fsp3) is 0.929. The molecule has 5 heteroatoms. The van der Waals surface area contributed by atoms with E-state index in [1.54, 1.807) is 0 Å². The highest BCUT2D eigenvalue weighted by Crippen LogP contribution is 2.17. The predicted octanol–water partition coefficient (Wildman–Crippen LogP) is 0.112. The lowest BCUT2D eigenvalue weighted by Crippen LogP contribution is -2.54. The van der Waals surface area contributed by atoms with Crippen molar-refractivity contribution in [3.05, 3.63) is 0 Å². The van der Waals surface area contributed by atoms with Crippen molar-refractivity contribution in [2.45, 2.75) is 39.8 Å². The summed E-state index contributed by atoms with van der Waals surface area (Å²) in [6.07, 6.45) is 0. The molecule has 0 aromatic carbocycles. The third kappa shape index (κ3) is 5.09. The summed E-state index contributed by atoms with van der Waals surface area (Å²) < 4.78 is 0. The molecule has 1 aliphatic heterocycles. The van der Waals surface area contributed by atoms with Crippen LogP contribution in [0.25, 0.3) is 0 Å². The summed E-state index contributed by atoms with van der Waals surface area (Å²) in [5, 5.41) is 2.98. The van der Waals surface area contributed by atoms with E-state index in [9.17, 15) is 4.79 Å². The van der Waals surface area contributed by atoms with Crippen molar-refractivity contribution in [3.63, 3.8) is 0 Å². The Kier molecular flexibility index (Phi) is 5.77. The fourth-order valence-corrected chi connectivity index (χ4v) is 2.14. The number of nitrogens with zero attached hydrogens (tertiary/aromatic N) is 2. The number of nitrogens with two attached hydrogens (primary N) is 1. The molecule has 112 valence electrons. The smallest absolute Gasteiger partial charge is 0.237 e. The molecule has 1 fully saturated rings. The lowest BCUT2D eigenvalue weighted by Gasteiger charge is -2.36. The summed E-state index contributed by atoms with van der Waals surface area (Å²) in [5.41, 5.74) is 5.75. The van der Waals surface area contributed by atoms with Crippen molar-refractivity contribution in [1.29, 1.82) is 0 Å². The van der Waals surface area contributed by atoms with Crippen molar-refractivity contribution in [2.75, 3.05) is 39.8 Å². The molecule has 0 bridgehead atoms. The van der Waals surface area contributed by atoms with Gasteiger partial charge in [0.15, 0.2) is 0 Å². The summed E-state index contributed by atoms with van der Waals surface area (Å²) in [7, 11) is 2.14. The molecule has 1 aliphatic rings. The molecule has 1 unspecified atom stereocenters. The third-order valence-electron chi connectivity index (χ3n) is 3.95. The summed E-state index contributed by atoms with van der Waals surface area (Å²) >= 11 is 0. The zero-order valence-corrected chi connectivity index (χ0v) is 13.1. The molecule has 0 aliphatic carbocycles. The van der Waals surface area contributed by atoms with E-state index >= 15 is 0 Å². The topological polar surface area (TPSA) is 61.6 Å². The van der Waals surface area contributed by atoms with E-state index in [2.05, 4.69) is 29.1 Å². The standard InChI is InChI=1S/C14H30N4O/c1-11(18-8-6-17(5)7-9-18)10-16-13(19)12(15)14(2,3)4/h11-12H,6-10,15H2,1-5H3,(H,16,19)/t11?,12-/m1/s1. The van der Waals surface area contributed by atoms with Crippen LogP contribution in [0.1, 0.15) is 27.7 Å². The van der Waals surface area contributed by atoms with Crippen LogP contribution in [0.4, 0.5) is 0 Å². The zero-order chi connectivity index (χ0) is 14.6. The van der Waals surface area contributed by atoms with E-state index in [4.69, 9.17) is 5.73 Å². The largest absolute Gasteiger partial charge is 0.353 e. The van der Waals surface area contributed by atoms with Gasteiger partial charge in [0.1, 0.15) is 0 Å². The monoisotopic (exact) mass is 270 g/mol. The zero-order valence-electron chi connectivity index (χ0n) is 13.1. The minimum atomic E-state index is -0.452. The minimum Gasteiger partial charge on any atom is -0.353 e. The molecule has 0 aromatic rings. The number of carbonyl (C=O) groups is 1. The molecule has 3 N–H and O–H groups in total. The molecule has 0 radical (unpaired) electrons. The number of nitrogens with one attached hydrogen (secondary N) is 1. The lowest BCUT2D eigenvalue weighted by molar-refractivity contribution is -0.124. The van der Waals surface area contributed by atoms with Crippen LogP contribution in [0.2, 0.25) is 0 Å². The normalized spacial score (nSPS) is 22.0. The molecule has 2 atom stereocenters. The van der Waals surface area contributed by atoms with Crippen LogP contribution in [-0.4, -0.2) is 67.6 Å². The third-order valence-corrected chi connectivity index (χ3v) is 3.95. The van der Waals surface area contributed by atoms with Gasteiger partial charge in [-0.3, -0.25) is 9.69 Å². The van der Waals surface area contributed by atoms with Gasteiger partial charge in [0.05, 0.1) is 6.04 Å². The Morgan fingerprint density at radius 2 is 1.79 bits per heavy atom. The van der Waals surface area contributed by atoms with E-state index in [0.29, 0.717) is 12.6 Å². The molecule has 19 heavy (non-hydrogen) atoms. The molecule has 0 aromatic heterocycles. The Morgan fingerprint density at radius 1 is 1.26 bits per heavy atom. The highest BCUT2D eigenvalue weighted by Gasteiger charge is 2.28. The van der Waals surface area contributed by atoms with Gasteiger partial charge < -0.3 is 16.0 Å². The summed E-state index contributed by atoms with van der Waals surface area (Å²) in [6, 6.07) is -0.0861. The van der Waals surface area contributed by atoms with Gasteiger partial charge in [-0.1, -0.05) is 20.8 Å². The quantitative estimate of drug-likeness (QED) is 0.761. The van der Waals surface area contributed by atoms with E-state index in [0.717, 1.165) is 26.2 Å². The maximum Gasteiger partial charge on any atom is 0.237 e. The Morgan fingerprint density at radius 3 is 2.26 bits per heavy atom. The number of amides is 1. The first-order valence-corrected chi connectivity index (χ1v) is 7.17. The van der Waals surface area contributed by atoms with E-state index in [-0.39, 0.29) is 11.3 Å². The van der Waals surface area contributed by atoms with Crippen molar-refractivity contribution in [2.24, 2.45) is 11.1 Å². The minimum absolute atomic E-state index is 0.0477. The Labute approximate surface area is 117 Å². The average molecular weight is 270 g/mol. The maximum absolute atomic E-state index is 12.0. The van der Waals surface area contributed by atoms with Crippen LogP contribution >= 0.6 is 0 Å². The second-order valence-corrected chi connectivity index (χ2v) is 6.78. The van der Waals surface area contributed by atoms with E-state index in [1.165, 1.54) is 0 Å². The maximum atomic E-state index is 12.0. The first kappa shape index (κ1) is 16.4. The first-order valence-electron chi connectivity index (χ1n) is 7.17. The van der Waals surface area contributed by atoms with Crippen molar-refractivity contribution in [3.8, 4) is 0 Å². The van der Waals surface area contributed by atoms with E-state index in [1.807, 2.05) is 20.8 Å². The van der Waals surface area contributed by atoms with Crippen molar-refractivity contribution in [1.82, 2.24) is 15.1 Å². The van der Waals surface area contributed by atoms with Gasteiger partial charge in [0.25, 0.3) is 0 Å². The van der Waals surface area contributed by atoms with Crippen LogP contribution in [-0.2, 0) is 4.79 Å². The molecule has 0 saturated carbocycles. The second-order valence-electron chi connectivity index (χ2n) is 6.78. The van der Waals surface area contributed by atoms with Gasteiger partial charge in [0, 0.05) is 38.8 Å². The molecular weight excluding hydrogens is 240 g/mol. The number of hydrogen-bond acceptors (Lipinski definition) is 4. The number of piperazine rings is 1. The van der Waals surface area contributed by atoms with Crippen LogP contribution in [0, 0.1) is 5.41 Å². The highest BCUT2D eigenvalue weighted by atomic mass is 16.2. The highest BCUT2D eigenvalue weighted by molar-refractivity contribution is 5.82. The molecule has 1 heterocycles. The van der Waals surface area contributed by atoms with Crippen LogP contribution in [0.15, 0.2) is 0 Å². The fourth-order valence-electron chi connectivity index (χ4n) is 2.14. The van der Waals surface area contributed by atoms with Gasteiger partial charge in [0.2, 0.25) is 5.91 Å². The van der Waals surface area contributed by atoms with E-state index < -0.39 is 6.04 Å². The molecule has 1 rings (SSSR count). The number of rotatable bonds is 4. The summed E-state index contributed by atoms with van der Waals surface area (Å²) in [6.45, 7) is 13.1. The van der Waals surface area contributed by atoms with Crippen LogP contribution < -0.4 is 11.1 Å².